The molecule has 1 aromatic heterocycles. The summed E-state index contributed by atoms with van der Waals surface area (Å²) in [5, 5.41) is 6.54. The highest BCUT2D eigenvalue weighted by molar-refractivity contribution is 5.95. The van der Waals surface area contributed by atoms with E-state index in [4.69, 9.17) is 9.15 Å². The molecule has 0 aliphatic rings. The monoisotopic (exact) mass is 408 g/mol. The van der Waals surface area contributed by atoms with Crippen LogP contribution in [0.1, 0.15) is 43.4 Å². The van der Waals surface area contributed by atoms with Crippen LogP contribution in [-0.2, 0) is 16.0 Å². The number of hydrogen-bond donors (Lipinski definition) is 2. The largest absolute Gasteiger partial charge is 0.484 e. The van der Waals surface area contributed by atoms with Gasteiger partial charge in [-0.2, -0.15) is 0 Å². The standard InChI is InChI=1S/C24H28N2O4/c1-5-25-24(28)14-29-19-8-6-18(7-9-19)26-23(27)11-17-13-30-22-10-16(4)20(15(2)3)12-21(17)22/h6-10,12-13,15H,5,11,14H2,1-4H3,(H,25,28)(H,26,27). The number of carbonyl (C=O) groups excluding carboxylic acids is 2. The zero-order valence-electron chi connectivity index (χ0n) is 17.9. The first-order chi connectivity index (χ1) is 14.4. The van der Waals surface area contributed by atoms with Crippen LogP contribution < -0.4 is 15.4 Å². The third-order valence-corrected chi connectivity index (χ3v) is 4.90. The van der Waals surface area contributed by atoms with E-state index in [0.29, 0.717) is 23.9 Å². The molecule has 0 radical (unpaired) electrons. The van der Waals surface area contributed by atoms with Crippen molar-refractivity contribution in [2.75, 3.05) is 18.5 Å². The van der Waals surface area contributed by atoms with Crippen molar-refractivity contribution in [3.8, 4) is 5.75 Å². The number of benzene rings is 2. The van der Waals surface area contributed by atoms with E-state index in [-0.39, 0.29) is 24.8 Å². The number of fused-ring (bicyclic) bond motifs is 1. The smallest absolute Gasteiger partial charge is 0.257 e. The van der Waals surface area contributed by atoms with Gasteiger partial charge in [-0.05, 0) is 67.3 Å². The van der Waals surface area contributed by atoms with Crippen molar-refractivity contribution in [3.05, 3.63) is 59.4 Å². The van der Waals surface area contributed by atoms with E-state index in [2.05, 4.69) is 37.5 Å². The Morgan fingerprint density at radius 3 is 2.50 bits per heavy atom. The fraction of sp³-hybridized carbons (Fsp3) is 0.333. The minimum Gasteiger partial charge on any atom is -0.484 e. The van der Waals surface area contributed by atoms with Crippen molar-refractivity contribution < 1.29 is 18.7 Å². The lowest BCUT2D eigenvalue weighted by Gasteiger charge is -2.10. The molecule has 6 heteroatoms. The number of rotatable bonds is 8. The number of anilines is 1. The highest BCUT2D eigenvalue weighted by Crippen LogP contribution is 2.29. The topological polar surface area (TPSA) is 80.6 Å². The average molecular weight is 408 g/mol. The fourth-order valence-corrected chi connectivity index (χ4v) is 3.41. The van der Waals surface area contributed by atoms with Crippen LogP contribution in [-0.4, -0.2) is 25.0 Å². The van der Waals surface area contributed by atoms with Crippen LogP contribution in [0.3, 0.4) is 0 Å². The van der Waals surface area contributed by atoms with Gasteiger partial charge in [-0.15, -0.1) is 0 Å². The van der Waals surface area contributed by atoms with E-state index in [9.17, 15) is 9.59 Å². The third-order valence-electron chi connectivity index (χ3n) is 4.90. The van der Waals surface area contributed by atoms with Crippen molar-refractivity contribution in [3.63, 3.8) is 0 Å². The molecule has 158 valence electrons. The summed E-state index contributed by atoms with van der Waals surface area (Å²) in [7, 11) is 0. The van der Waals surface area contributed by atoms with Crippen molar-refractivity contribution in [2.45, 2.75) is 40.0 Å². The van der Waals surface area contributed by atoms with E-state index in [1.54, 1.807) is 30.5 Å². The molecule has 3 rings (SSSR count). The maximum absolute atomic E-state index is 12.5. The molecule has 2 amide bonds. The van der Waals surface area contributed by atoms with Crippen LogP contribution in [0.2, 0.25) is 0 Å². The van der Waals surface area contributed by atoms with Crippen molar-refractivity contribution in [1.82, 2.24) is 5.32 Å². The second kappa shape index (κ2) is 9.48. The van der Waals surface area contributed by atoms with Gasteiger partial charge >= 0.3 is 0 Å². The van der Waals surface area contributed by atoms with Gasteiger partial charge < -0.3 is 19.8 Å². The zero-order valence-corrected chi connectivity index (χ0v) is 17.9. The summed E-state index contributed by atoms with van der Waals surface area (Å²) in [5.41, 5.74) is 4.78. The Morgan fingerprint density at radius 2 is 1.83 bits per heavy atom. The summed E-state index contributed by atoms with van der Waals surface area (Å²) in [4.78, 5) is 24.0. The molecule has 6 nitrogen and oxygen atoms in total. The Labute approximate surface area is 176 Å². The van der Waals surface area contributed by atoms with Gasteiger partial charge in [0.15, 0.2) is 6.61 Å². The molecule has 0 fully saturated rings. The predicted molar refractivity (Wildman–Crippen MR) is 118 cm³/mol. The van der Waals surface area contributed by atoms with Gasteiger partial charge in [0.05, 0.1) is 12.7 Å². The van der Waals surface area contributed by atoms with E-state index in [0.717, 1.165) is 16.5 Å². The highest BCUT2D eigenvalue weighted by atomic mass is 16.5. The Morgan fingerprint density at radius 1 is 1.10 bits per heavy atom. The molecule has 2 N–H and O–H groups in total. The van der Waals surface area contributed by atoms with Crippen molar-refractivity contribution in [1.29, 1.82) is 0 Å². The molecule has 0 aliphatic heterocycles. The molecular formula is C24H28N2O4. The van der Waals surface area contributed by atoms with Crippen molar-refractivity contribution >= 4 is 28.5 Å². The van der Waals surface area contributed by atoms with Crippen LogP contribution in [0.15, 0.2) is 47.1 Å². The Kier molecular flexibility index (Phi) is 6.77. The number of carbonyl (C=O) groups is 2. The minimum absolute atomic E-state index is 0.0368. The molecule has 0 aliphatic carbocycles. The molecule has 1 heterocycles. The number of likely N-dealkylation sites (N-methyl/N-ethyl adjacent to an activating group) is 1. The summed E-state index contributed by atoms with van der Waals surface area (Å²) in [6, 6.07) is 11.1. The number of aryl methyl sites for hydroxylation is 1. The van der Waals surface area contributed by atoms with Gasteiger partial charge in [-0.1, -0.05) is 13.8 Å². The van der Waals surface area contributed by atoms with Gasteiger partial charge in [0.25, 0.3) is 5.91 Å². The molecule has 0 unspecified atom stereocenters. The second-order valence-corrected chi connectivity index (χ2v) is 7.61. The first-order valence-electron chi connectivity index (χ1n) is 10.2. The molecule has 3 aromatic rings. The number of hydrogen-bond acceptors (Lipinski definition) is 4. The molecular weight excluding hydrogens is 380 g/mol. The lowest BCUT2D eigenvalue weighted by molar-refractivity contribution is -0.123. The van der Waals surface area contributed by atoms with Crippen LogP contribution in [0, 0.1) is 6.92 Å². The lowest BCUT2D eigenvalue weighted by Crippen LogP contribution is -2.28. The normalized spacial score (nSPS) is 11.0. The average Bonchev–Trinajstić information content (AvgIpc) is 3.08. The van der Waals surface area contributed by atoms with Gasteiger partial charge in [-0.3, -0.25) is 9.59 Å². The van der Waals surface area contributed by atoms with Gasteiger partial charge in [-0.25, -0.2) is 0 Å². The van der Waals surface area contributed by atoms with E-state index in [1.807, 2.05) is 13.0 Å². The first-order valence-corrected chi connectivity index (χ1v) is 10.2. The van der Waals surface area contributed by atoms with Crippen LogP contribution in [0.5, 0.6) is 5.75 Å². The minimum atomic E-state index is -0.168. The predicted octanol–water partition coefficient (Wildman–Crippen LogP) is 4.56. The van der Waals surface area contributed by atoms with Crippen LogP contribution in [0.4, 0.5) is 5.69 Å². The molecule has 30 heavy (non-hydrogen) atoms. The fourth-order valence-electron chi connectivity index (χ4n) is 3.41. The number of amides is 2. The highest BCUT2D eigenvalue weighted by Gasteiger charge is 2.14. The van der Waals surface area contributed by atoms with E-state index >= 15 is 0 Å². The molecule has 0 atom stereocenters. The molecule has 2 aromatic carbocycles. The molecule has 0 saturated carbocycles. The van der Waals surface area contributed by atoms with Gasteiger partial charge in [0.2, 0.25) is 5.91 Å². The summed E-state index contributed by atoms with van der Waals surface area (Å²) in [5.74, 6) is 0.676. The summed E-state index contributed by atoms with van der Waals surface area (Å²) < 4.78 is 11.1. The SMILES string of the molecule is CCNC(=O)COc1ccc(NC(=O)Cc2coc3cc(C)c(C(C)C)cc23)cc1. The maximum atomic E-state index is 12.5. The molecule has 0 spiro atoms. The zero-order chi connectivity index (χ0) is 21.7. The summed E-state index contributed by atoms with van der Waals surface area (Å²) in [6.07, 6.45) is 1.88. The Bertz CT molecular complexity index is 1040. The summed E-state index contributed by atoms with van der Waals surface area (Å²) >= 11 is 0. The quantitative estimate of drug-likeness (QED) is 0.573. The Hall–Kier alpha value is -3.28. The van der Waals surface area contributed by atoms with Crippen LogP contribution >= 0.6 is 0 Å². The number of ether oxygens (including phenoxy) is 1. The van der Waals surface area contributed by atoms with Crippen molar-refractivity contribution in [2.24, 2.45) is 0 Å². The maximum Gasteiger partial charge on any atom is 0.257 e. The first kappa shape index (κ1) is 21.4. The Balaban J connectivity index is 1.63. The lowest BCUT2D eigenvalue weighted by atomic mass is 9.95. The molecule has 0 saturated heterocycles. The van der Waals surface area contributed by atoms with Crippen LogP contribution in [0.25, 0.3) is 11.0 Å². The van der Waals surface area contributed by atoms with E-state index in [1.165, 1.54) is 11.1 Å². The van der Waals surface area contributed by atoms with Gasteiger partial charge in [0, 0.05) is 23.2 Å². The molecule has 0 bridgehead atoms. The second-order valence-electron chi connectivity index (χ2n) is 7.61. The number of nitrogens with one attached hydrogen (secondary N) is 2. The number of furan rings is 1. The third kappa shape index (κ3) is 5.20. The van der Waals surface area contributed by atoms with E-state index < -0.39 is 0 Å². The summed E-state index contributed by atoms with van der Waals surface area (Å²) in [6.45, 7) is 8.77. The van der Waals surface area contributed by atoms with Gasteiger partial charge in [0.1, 0.15) is 11.3 Å².